The summed E-state index contributed by atoms with van der Waals surface area (Å²) in [5, 5.41) is 14.2. The standard InChI is InChI=1S/C20H16N2O4/c23-20(26-14-15-8-4-7-13-19(15)22(24)25)17-11-5-6-12-18(17)21-16-9-2-1-3-10-16/h1-13,21H,14H2. The van der Waals surface area contributed by atoms with Gasteiger partial charge in [-0.3, -0.25) is 10.1 Å². The van der Waals surface area contributed by atoms with Crippen LogP contribution in [-0.2, 0) is 11.3 Å². The number of rotatable bonds is 6. The van der Waals surface area contributed by atoms with E-state index >= 15 is 0 Å². The van der Waals surface area contributed by atoms with Gasteiger partial charge in [0.15, 0.2) is 0 Å². The van der Waals surface area contributed by atoms with E-state index in [4.69, 9.17) is 4.74 Å². The van der Waals surface area contributed by atoms with Crippen LogP contribution < -0.4 is 5.32 Å². The Balaban J connectivity index is 1.76. The molecule has 0 amide bonds. The minimum Gasteiger partial charge on any atom is -0.457 e. The topological polar surface area (TPSA) is 81.5 Å². The van der Waals surface area contributed by atoms with Gasteiger partial charge in [-0.1, -0.05) is 42.5 Å². The predicted molar refractivity (Wildman–Crippen MR) is 98.4 cm³/mol. The van der Waals surface area contributed by atoms with Gasteiger partial charge in [-0.25, -0.2) is 4.79 Å². The molecule has 0 saturated heterocycles. The summed E-state index contributed by atoms with van der Waals surface area (Å²) in [6.45, 7) is -0.171. The van der Waals surface area contributed by atoms with Gasteiger partial charge in [0.25, 0.3) is 5.69 Å². The van der Waals surface area contributed by atoms with Crippen molar-refractivity contribution in [3.63, 3.8) is 0 Å². The van der Waals surface area contributed by atoms with Gasteiger partial charge in [-0.05, 0) is 30.3 Å². The Morgan fingerprint density at radius 1 is 0.923 bits per heavy atom. The normalized spacial score (nSPS) is 10.2. The van der Waals surface area contributed by atoms with Crippen molar-refractivity contribution in [3.8, 4) is 0 Å². The van der Waals surface area contributed by atoms with Crippen molar-refractivity contribution >= 4 is 23.0 Å². The maximum Gasteiger partial charge on any atom is 0.340 e. The van der Waals surface area contributed by atoms with Crippen LogP contribution in [0.3, 0.4) is 0 Å². The molecule has 3 aromatic carbocycles. The van der Waals surface area contributed by atoms with Crippen LogP contribution in [-0.4, -0.2) is 10.9 Å². The number of esters is 1. The fourth-order valence-electron chi connectivity index (χ4n) is 2.48. The molecule has 0 bridgehead atoms. The van der Waals surface area contributed by atoms with Crippen LogP contribution in [0.5, 0.6) is 0 Å². The lowest BCUT2D eigenvalue weighted by Crippen LogP contribution is -2.09. The van der Waals surface area contributed by atoms with Gasteiger partial charge in [-0.15, -0.1) is 0 Å². The zero-order chi connectivity index (χ0) is 18.4. The van der Waals surface area contributed by atoms with Crippen molar-refractivity contribution in [2.24, 2.45) is 0 Å². The Hall–Kier alpha value is -3.67. The van der Waals surface area contributed by atoms with E-state index in [1.165, 1.54) is 6.07 Å². The molecule has 130 valence electrons. The number of nitrogens with zero attached hydrogens (tertiary/aromatic N) is 1. The van der Waals surface area contributed by atoms with Crippen molar-refractivity contribution < 1.29 is 14.5 Å². The van der Waals surface area contributed by atoms with E-state index in [9.17, 15) is 14.9 Å². The highest BCUT2D eigenvalue weighted by Gasteiger charge is 2.17. The van der Waals surface area contributed by atoms with E-state index in [0.29, 0.717) is 16.8 Å². The molecule has 26 heavy (non-hydrogen) atoms. The number of anilines is 2. The third-order valence-electron chi connectivity index (χ3n) is 3.75. The highest BCUT2D eigenvalue weighted by molar-refractivity contribution is 5.96. The molecular weight excluding hydrogens is 332 g/mol. The molecule has 0 heterocycles. The van der Waals surface area contributed by atoms with Crippen LogP contribution in [0, 0.1) is 10.1 Å². The Kier molecular flexibility index (Phi) is 5.24. The highest BCUT2D eigenvalue weighted by Crippen LogP contribution is 2.23. The van der Waals surface area contributed by atoms with Gasteiger partial charge >= 0.3 is 5.97 Å². The smallest absolute Gasteiger partial charge is 0.340 e. The summed E-state index contributed by atoms with van der Waals surface area (Å²) in [4.78, 5) is 23.0. The minimum atomic E-state index is -0.554. The molecule has 0 aliphatic carbocycles. The maximum atomic E-state index is 12.5. The average Bonchev–Trinajstić information content (AvgIpc) is 2.67. The molecule has 0 unspecified atom stereocenters. The molecule has 3 aromatic rings. The van der Waals surface area contributed by atoms with Gasteiger partial charge in [0, 0.05) is 11.8 Å². The number of hydrogen-bond donors (Lipinski definition) is 1. The van der Waals surface area contributed by atoms with Gasteiger partial charge in [0.05, 0.1) is 21.7 Å². The maximum absolute atomic E-state index is 12.5. The van der Waals surface area contributed by atoms with E-state index < -0.39 is 10.9 Å². The molecule has 0 aliphatic heterocycles. The molecule has 6 heteroatoms. The monoisotopic (exact) mass is 348 g/mol. The number of nitrogens with one attached hydrogen (secondary N) is 1. The minimum absolute atomic E-state index is 0.0732. The average molecular weight is 348 g/mol. The summed E-state index contributed by atoms with van der Waals surface area (Å²) in [6, 6.07) is 22.6. The number of benzene rings is 3. The van der Waals surface area contributed by atoms with Crippen molar-refractivity contribution in [1.29, 1.82) is 0 Å². The molecule has 1 N–H and O–H groups in total. The van der Waals surface area contributed by atoms with Crippen LogP contribution in [0.25, 0.3) is 0 Å². The Morgan fingerprint density at radius 3 is 2.35 bits per heavy atom. The molecule has 0 radical (unpaired) electrons. The molecule has 0 atom stereocenters. The van der Waals surface area contributed by atoms with Crippen LogP contribution in [0.1, 0.15) is 15.9 Å². The first-order valence-electron chi connectivity index (χ1n) is 7.95. The van der Waals surface area contributed by atoms with E-state index in [-0.39, 0.29) is 12.3 Å². The number of nitro groups is 1. The first-order chi connectivity index (χ1) is 12.6. The van der Waals surface area contributed by atoms with E-state index in [1.807, 2.05) is 36.4 Å². The zero-order valence-corrected chi connectivity index (χ0v) is 13.8. The number of carbonyl (C=O) groups is 1. The van der Waals surface area contributed by atoms with Gasteiger partial charge in [0.2, 0.25) is 0 Å². The Labute approximate surface area is 150 Å². The van der Waals surface area contributed by atoms with E-state index in [2.05, 4.69) is 5.32 Å². The summed E-state index contributed by atoms with van der Waals surface area (Å²) < 4.78 is 5.30. The molecule has 0 aliphatic rings. The number of nitro benzene ring substituents is 1. The summed E-state index contributed by atoms with van der Waals surface area (Å²) in [6.07, 6.45) is 0. The lowest BCUT2D eigenvalue weighted by molar-refractivity contribution is -0.385. The fourth-order valence-corrected chi connectivity index (χ4v) is 2.48. The summed E-state index contributed by atoms with van der Waals surface area (Å²) in [5.41, 5.74) is 2.07. The second-order valence-electron chi connectivity index (χ2n) is 5.50. The van der Waals surface area contributed by atoms with Crippen LogP contribution in [0.4, 0.5) is 17.1 Å². The second-order valence-corrected chi connectivity index (χ2v) is 5.50. The summed E-state index contributed by atoms with van der Waals surface area (Å²) in [7, 11) is 0. The largest absolute Gasteiger partial charge is 0.457 e. The Bertz CT molecular complexity index is 926. The summed E-state index contributed by atoms with van der Waals surface area (Å²) >= 11 is 0. The third-order valence-corrected chi connectivity index (χ3v) is 3.75. The number of hydrogen-bond acceptors (Lipinski definition) is 5. The first kappa shape index (κ1) is 17.2. The predicted octanol–water partition coefficient (Wildman–Crippen LogP) is 4.70. The van der Waals surface area contributed by atoms with E-state index in [1.54, 1.807) is 36.4 Å². The van der Waals surface area contributed by atoms with Crippen molar-refractivity contribution in [1.82, 2.24) is 0 Å². The second kappa shape index (κ2) is 7.94. The van der Waals surface area contributed by atoms with Crippen LogP contribution in [0.15, 0.2) is 78.9 Å². The molecule has 6 nitrogen and oxygen atoms in total. The molecule has 0 aromatic heterocycles. The van der Waals surface area contributed by atoms with Crippen LogP contribution >= 0.6 is 0 Å². The number of carbonyl (C=O) groups excluding carboxylic acids is 1. The van der Waals surface area contributed by atoms with Crippen molar-refractivity contribution in [2.45, 2.75) is 6.61 Å². The van der Waals surface area contributed by atoms with E-state index in [0.717, 1.165) is 5.69 Å². The van der Waals surface area contributed by atoms with Crippen molar-refractivity contribution in [2.75, 3.05) is 5.32 Å². The molecule has 0 saturated carbocycles. The van der Waals surface area contributed by atoms with Gasteiger partial charge < -0.3 is 10.1 Å². The highest BCUT2D eigenvalue weighted by atomic mass is 16.6. The molecule has 0 spiro atoms. The SMILES string of the molecule is O=C(OCc1ccccc1[N+](=O)[O-])c1ccccc1Nc1ccccc1. The van der Waals surface area contributed by atoms with Crippen molar-refractivity contribution in [3.05, 3.63) is 100 Å². The lowest BCUT2D eigenvalue weighted by Gasteiger charge is -2.12. The van der Waals surface area contributed by atoms with Gasteiger partial charge in [-0.2, -0.15) is 0 Å². The Morgan fingerprint density at radius 2 is 1.58 bits per heavy atom. The third kappa shape index (κ3) is 4.05. The zero-order valence-electron chi connectivity index (χ0n) is 13.8. The molecule has 3 rings (SSSR count). The molecular formula is C20H16N2O4. The quantitative estimate of drug-likeness (QED) is 0.397. The molecule has 0 fully saturated rings. The lowest BCUT2D eigenvalue weighted by atomic mass is 10.1. The number of para-hydroxylation sites is 3. The first-order valence-corrected chi connectivity index (χ1v) is 7.95. The van der Waals surface area contributed by atoms with Gasteiger partial charge in [0.1, 0.15) is 6.61 Å². The fraction of sp³-hybridized carbons (Fsp3) is 0.0500. The summed E-state index contributed by atoms with van der Waals surface area (Å²) in [5.74, 6) is -0.554. The number of ether oxygens (including phenoxy) is 1. The van der Waals surface area contributed by atoms with Crippen LogP contribution in [0.2, 0.25) is 0 Å².